The van der Waals surface area contributed by atoms with Gasteiger partial charge < -0.3 is 16.0 Å². The summed E-state index contributed by atoms with van der Waals surface area (Å²) in [4.78, 5) is 9.95. The van der Waals surface area contributed by atoms with Crippen molar-refractivity contribution in [2.24, 2.45) is 17.8 Å². The third-order valence-electron chi connectivity index (χ3n) is 3.32. The molecule has 3 heterocycles. The molecule has 0 radical (unpaired) electrons. The molecule has 0 spiro atoms. The van der Waals surface area contributed by atoms with Gasteiger partial charge in [0, 0.05) is 19.4 Å². The fourth-order valence-corrected chi connectivity index (χ4v) is 2.38. The van der Waals surface area contributed by atoms with Crippen LogP contribution in [0.5, 0.6) is 0 Å². The number of guanidine groups is 1. The molecule has 3 N–H and O–H groups in total. The molecule has 1 aliphatic rings. The fourth-order valence-electron chi connectivity index (χ4n) is 2.15. The second kappa shape index (κ2) is 6.25. The minimum absolute atomic E-state index is 0.169. The Morgan fingerprint density at radius 3 is 3.00 bits per heavy atom. The Hall–Kier alpha value is -2.61. The number of aliphatic imine (C=N–C) groups is 1. The third-order valence-corrected chi connectivity index (χ3v) is 3.62. The highest BCUT2D eigenvalue weighted by Crippen LogP contribution is 2.22. The molecule has 0 aliphatic carbocycles. The average molecular weight is 336 g/mol. The van der Waals surface area contributed by atoms with Gasteiger partial charge in [0.2, 0.25) is 5.96 Å². The first kappa shape index (κ1) is 15.3. The smallest absolute Gasteiger partial charge is 0.202 e. The van der Waals surface area contributed by atoms with Gasteiger partial charge in [-0.25, -0.2) is 4.39 Å². The molecule has 1 aliphatic heterocycles. The molecule has 3 rings (SSSR count). The lowest BCUT2D eigenvalue weighted by Gasteiger charge is -2.26. The van der Waals surface area contributed by atoms with Gasteiger partial charge >= 0.3 is 0 Å². The number of aromatic nitrogens is 3. The quantitative estimate of drug-likeness (QED) is 0.879. The monoisotopic (exact) mass is 335 g/mol. The number of pyridine rings is 1. The Balaban J connectivity index is 1.73. The lowest BCUT2D eigenvalue weighted by atomic mass is 10.3. The molecule has 2 aromatic heterocycles. The maximum atomic E-state index is 13.6. The first-order valence-corrected chi connectivity index (χ1v) is 7.24. The lowest BCUT2D eigenvalue weighted by molar-refractivity contribution is 0.587. The Morgan fingerprint density at radius 1 is 1.48 bits per heavy atom. The summed E-state index contributed by atoms with van der Waals surface area (Å²) in [5, 5.41) is 7.53. The first-order valence-electron chi connectivity index (χ1n) is 6.87. The molecule has 0 saturated heterocycles. The van der Waals surface area contributed by atoms with Crippen LogP contribution in [0.1, 0.15) is 5.69 Å². The molecule has 0 amide bonds. The number of anilines is 1. The van der Waals surface area contributed by atoms with Crippen LogP contribution in [0.2, 0.25) is 0 Å². The van der Waals surface area contributed by atoms with E-state index in [2.05, 4.69) is 20.4 Å². The van der Waals surface area contributed by atoms with Crippen LogP contribution < -0.4 is 16.0 Å². The predicted octanol–water partition coefficient (Wildman–Crippen LogP) is 1.29. The summed E-state index contributed by atoms with van der Waals surface area (Å²) in [7, 11) is 1.81. The van der Waals surface area contributed by atoms with Gasteiger partial charge in [-0.05, 0) is 12.1 Å². The van der Waals surface area contributed by atoms with Gasteiger partial charge in [-0.2, -0.15) is 10.1 Å². The molecule has 120 valence electrons. The molecule has 23 heavy (non-hydrogen) atoms. The highest BCUT2D eigenvalue weighted by atomic mass is 35.5. The van der Waals surface area contributed by atoms with Crippen molar-refractivity contribution in [3.8, 4) is 0 Å². The molecule has 9 heteroatoms. The van der Waals surface area contributed by atoms with Crippen LogP contribution >= 0.6 is 11.6 Å². The van der Waals surface area contributed by atoms with Gasteiger partial charge in [0.25, 0.3) is 0 Å². The third kappa shape index (κ3) is 3.26. The average Bonchev–Trinajstić information content (AvgIpc) is 2.95. The van der Waals surface area contributed by atoms with Crippen LogP contribution in [0.15, 0.2) is 46.6 Å². The SMILES string of the molecule is Cn1cc(N2CC(Cl)=C(NCc3ncccc3F)N=C2N)cn1. The molecular formula is C14H15ClFN7. The molecule has 7 nitrogen and oxygen atoms in total. The maximum Gasteiger partial charge on any atom is 0.202 e. The molecule has 0 unspecified atom stereocenters. The predicted molar refractivity (Wildman–Crippen MR) is 86.1 cm³/mol. The van der Waals surface area contributed by atoms with Gasteiger partial charge in [0.1, 0.15) is 11.6 Å². The standard InChI is InChI=1S/C14H15ClFN7/c1-22-7-9(5-20-22)23-8-10(15)13(21-14(23)17)19-6-12-11(16)3-2-4-18-12/h2-5,7,19H,6,8H2,1H3,(H2,17,21). The molecule has 0 aromatic carbocycles. The van der Waals surface area contributed by atoms with Crippen LogP contribution in [0, 0.1) is 5.82 Å². The van der Waals surface area contributed by atoms with E-state index in [0.29, 0.717) is 17.4 Å². The van der Waals surface area contributed by atoms with Crippen molar-refractivity contribution in [1.82, 2.24) is 20.1 Å². The van der Waals surface area contributed by atoms with E-state index >= 15 is 0 Å². The number of nitrogens with zero attached hydrogens (tertiary/aromatic N) is 5. The van der Waals surface area contributed by atoms with Crippen LogP contribution in [0.25, 0.3) is 0 Å². The summed E-state index contributed by atoms with van der Waals surface area (Å²) in [6.45, 7) is 0.525. The summed E-state index contributed by atoms with van der Waals surface area (Å²) >= 11 is 6.28. The molecule has 0 fully saturated rings. The van der Waals surface area contributed by atoms with E-state index in [1.807, 2.05) is 13.2 Å². The summed E-state index contributed by atoms with van der Waals surface area (Å²) in [5.41, 5.74) is 7.07. The summed E-state index contributed by atoms with van der Waals surface area (Å²) in [6, 6.07) is 2.89. The van der Waals surface area contributed by atoms with Gasteiger partial charge in [-0.3, -0.25) is 9.67 Å². The Labute approximate surface area is 137 Å². The number of aryl methyl sites for hydroxylation is 1. The zero-order valence-corrected chi connectivity index (χ0v) is 13.1. The highest BCUT2D eigenvalue weighted by Gasteiger charge is 2.21. The summed E-state index contributed by atoms with van der Waals surface area (Å²) in [5.74, 6) is 0.308. The van der Waals surface area contributed by atoms with Gasteiger partial charge in [0.05, 0.1) is 35.7 Å². The Kier molecular flexibility index (Phi) is 4.16. The zero-order chi connectivity index (χ0) is 16.4. The Morgan fingerprint density at radius 2 is 2.30 bits per heavy atom. The molecule has 0 bridgehead atoms. The fraction of sp³-hybridized carbons (Fsp3) is 0.214. The largest absolute Gasteiger partial charge is 0.369 e. The number of nitrogens with one attached hydrogen (secondary N) is 1. The van der Waals surface area contributed by atoms with Crippen molar-refractivity contribution in [2.45, 2.75) is 6.54 Å². The van der Waals surface area contributed by atoms with Crippen molar-refractivity contribution in [3.63, 3.8) is 0 Å². The van der Waals surface area contributed by atoms with E-state index in [9.17, 15) is 4.39 Å². The van der Waals surface area contributed by atoms with Gasteiger partial charge in [-0.15, -0.1) is 0 Å². The van der Waals surface area contributed by atoms with Gasteiger partial charge in [0.15, 0.2) is 0 Å². The minimum Gasteiger partial charge on any atom is -0.369 e. The Bertz CT molecular complexity index is 783. The van der Waals surface area contributed by atoms with E-state index in [1.165, 1.54) is 18.3 Å². The van der Waals surface area contributed by atoms with Crippen LogP contribution in [-0.4, -0.2) is 27.3 Å². The van der Waals surface area contributed by atoms with Crippen molar-refractivity contribution < 1.29 is 4.39 Å². The number of halogens is 2. The van der Waals surface area contributed by atoms with E-state index < -0.39 is 0 Å². The lowest BCUT2D eigenvalue weighted by Crippen LogP contribution is -2.42. The number of hydrogen-bond donors (Lipinski definition) is 2. The molecule has 2 aromatic rings. The number of rotatable bonds is 4. The van der Waals surface area contributed by atoms with Crippen molar-refractivity contribution in [1.29, 1.82) is 0 Å². The van der Waals surface area contributed by atoms with E-state index in [1.54, 1.807) is 15.8 Å². The van der Waals surface area contributed by atoms with E-state index in [0.717, 1.165) is 5.69 Å². The second-order valence-electron chi connectivity index (χ2n) is 4.97. The van der Waals surface area contributed by atoms with Crippen LogP contribution in [-0.2, 0) is 13.6 Å². The maximum absolute atomic E-state index is 13.6. The van der Waals surface area contributed by atoms with Crippen LogP contribution in [0.3, 0.4) is 0 Å². The molecule has 0 saturated carbocycles. The molecular weight excluding hydrogens is 321 g/mol. The van der Waals surface area contributed by atoms with E-state index in [-0.39, 0.29) is 24.0 Å². The summed E-state index contributed by atoms with van der Waals surface area (Å²) in [6.07, 6.45) is 5.02. The van der Waals surface area contributed by atoms with Crippen molar-refractivity contribution >= 4 is 23.2 Å². The van der Waals surface area contributed by atoms with Gasteiger partial charge in [-0.1, -0.05) is 11.6 Å². The number of hydrogen-bond acceptors (Lipinski definition) is 6. The van der Waals surface area contributed by atoms with E-state index in [4.69, 9.17) is 17.3 Å². The summed E-state index contributed by atoms with van der Waals surface area (Å²) < 4.78 is 15.2. The topological polar surface area (TPSA) is 84.4 Å². The van der Waals surface area contributed by atoms with Crippen molar-refractivity contribution in [2.75, 3.05) is 11.4 Å². The first-order chi connectivity index (χ1) is 11.0. The molecule has 0 atom stereocenters. The number of nitrogens with two attached hydrogens (primary N) is 1. The minimum atomic E-state index is -0.388. The zero-order valence-electron chi connectivity index (χ0n) is 12.4. The van der Waals surface area contributed by atoms with Crippen LogP contribution in [0.4, 0.5) is 10.1 Å². The highest BCUT2D eigenvalue weighted by molar-refractivity contribution is 6.31. The normalized spacial score (nSPS) is 14.9. The van der Waals surface area contributed by atoms with Crippen molar-refractivity contribution in [3.05, 3.63) is 53.1 Å². The second-order valence-corrected chi connectivity index (χ2v) is 5.42.